The summed E-state index contributed by atoms with van der Waals surface area (Å²) in [6, 6.07) is 25.9. The molecule has 3 aromatic rings. The number of hydrogen-bond acceptors (Lipinski definition) is 4. The first kappa shape index (κ1) is 31.5. The number of aliphatic carboxylic acids is 1. The van der Waals surface area contributed by atoms with Crippen molar-refractivity contribution in [2.45, 2.75) is 37.3 Å². The molecular formula is C30H29Cl2F3NO4-. The molecule has 1 fully saturated rings. The van der Waals surface area contributed by atoms with Crippen molar-refractivity contribution in [1.29, 1.82) is 0 Å². The van der Waals surface area contributed by atoms with Crippen molar-refractivity contribution in [3.05, 3.63) is 106 Å². The van der Waals surface area contributed by atoms with E-state index in [-0.39, 0.29) is 23.7 Å². The van der Waals surface area contributed by atoms with Crippen LogP contribution >= 0.6 is 23.2 Å². The van der Waals surface area contributed by atoms with Crippen LogP contribution in [0.15, 0.2) is 78.9 Å². The first-order chi connectivity index (χ1) is 19.0. The summed E-state index contributed by atoms with van der Waals surface area (Å²) < 4.78 is 37.1. The summed E-state index contributed by atoms with van der Waals surface area (Å²) in [5.74, 6) is -2.68. The minimum absolute atomic E-state index is 0.0863. The van der Waals surface area contributed by atoms with Crippen molar-refractivity contribution in [1.82, 2.24) is 5.32 Å². The third kappa shape index (κ3) is 9.84. The topological polar surface area (TPSA) is 78.5 Å². The summed E-state index contributed by atoms with van der Waals surface area (Å²) in [5.41, 5.74) is 3.40. The Labute approximate surface area is 241 Å². The molecule has 0 bridgehead atoms. The van der Waals surface area contributed by atoms with E-state index in [2.05, 4.69) is 17.4 Å². The summed E-state index contributed by atoms with van der Waals surface area (Å²) in [4.78, 5) is 22.3. The third-order valence-electron chi connectivity index (χ3n) is 6.67. The number of carboxylic acids is 1. The summed E-state index contributed by atoms with van der Waals surface area (Å²) in [6.45, 7) is 1.98. The van der Waals surface area contributed by atoms with E-state index in [1.165, 1.54) is 5.56 Å². The number of alkyl halides is 3. The summed E-state index contributed by atoms with van der Waals surface area (Å²) in [5, 5.41) is 13.5. The van der Waals surface area contributed by atoms with Crippen LogP contribution in [0.4, 0.5) is 13.2 Å². The maximum absolute atomic E-state index is 13.5. The lowest BCUT2D eigenvalue weighted by atomic mass is 9.80. The fraction of sp³-hybridized carbons (Fsp3) is 0.333. The van der Waals surface area contributed by atoms with Crippen molar-refractivity contribution >= 4 is 35.1 Å². The molecule has 1 saturated heterocycles. The van der Waals surface area contributed by atoms with E-state index >= 15 is 0 Å². The highest BCUT2D eigenvalue weighted by molar-refractivity contribution is 6.30. The van der Waals surface area contributed by atoms with Crippen LogP contribution in [0.25, 0.3) is 0 Å². The average Bonchev–Trinajstić information content (AvgIpc) is 2.94. The Morgan fingerprint density at radius 3 is 1.93 bits per heavy atom. The Morgan fingerprint density at radius 2 is 1.40 bits per heavy atom. The molecule has 1 aliphatic heterocycles. The van der Waals surface area contributed by atoms with Crippen molar-refractivity contribution < 1.29 is 32.6 Å². The first-order valence-corrected chi connectivity index (χ1v) is 13.5. The maximum Gasteiger partial charge on any atom is 0.430 e. The Bertz CT molecular complexity index is 1220. The number of carbonyl (C=O) groups excluding carboxylic acids is 2. The molecule has 0 radical (unpaired) electrons. The van der Waals surface area contributed by atoms with E-state index in [4.69, 9.17) is 37.8 Å². The van der Waals surface area contributed by atoms with Crippen LogP contribution in [0.5, 0.6) is 0 Å². The lowest BCUT2D eigenvalue weighted by molar-refractivity contribution is -0.344. The van der Waals surface area contributed by atoms with Crippen molar-refractivity contribution in [3.63, 3.8) is 0 Å². The Balaban J connectivity index is 0.000000559. The Morgan fingerprint density at radius 1 is 0.875 bits per heavy atom. The first-order valence-electron chi connectivity index (χ1n) is 12.7. The van der Waals surface area contributed by atoms with E-state index in [0.717, 1.165) is 35.4 Å². The molecule has 214 valence electrons. The lowest BCUT2D eigenvalue weighted by Crippen LogP contribution is -2.38. The molecule has 5 nitrogen and oxygen atoms in total. The number of halogens is 5. The number of carboxylic acid groups (broad SMARTS) is 1. The second-order valence-electron chi connectivity index (χ2n) is 9.45. The zero-order valence-electron chi connectivity index (χ0n) is 21.5. The molecule has 0 spiro atoms. The number of amides is 1. The number of nitrogens with one attached hydrogen (secondary N) is 1. The van der Waals surface area contributed by atoms with Gasteiger partial charge < -0.3 is 20.0 Å². The van der Waals surface area contributed by atoms with E-state index in [1.807, 2.05) is 66.7 Å². The standard InChI is InChI=1S/C28H29Cl2NO2.C2HF3O2/c29-25-10-6-20(7-11-25)18-24(21-8-12-26(30)13-9-21)19-31-28(32)27(22-4-2-1-3-5-22)23-14-16-33-17-15-23;3-2(4,5)1(6)7/h1-13,23-24,27H,14-19H2,(H,31,32);(H,6,7)/p-1/t24-,27?;/m0./s1. The van der Waals surface area contributed by atoms with Crippen molar-refractivity contribution in [3.8, 4) is 0 Å². The van der Waals surface area contributed by atoms with Crippen molar-refractivity contribution in [2.75, 3.05) is 19.8 Å². The quantitative estimate of drug-likeness (QED) is 0.350. The minimum Gasteiger partial charge on any atom is -0.542 e. The number of benzene rings is 3. The van der Waals surface area contributed by atoms with E-state index in [0.29, 0.717) is 24.8 Å². The molecule has 1 aliphatic rings. The van der Waals surface area contributed by atoms with Gasteiger partial charge in [0.1, 0.15) is 5.97 Å². The van der Waals surface area contributed by atoms with Crippen molar-refractivity contribution in [2.24, 2.45) is 5.92 Å². The largest absolute Gasteiger partial charge is 0.542 e. The fourth-order valence-corrected chi connectivity index (χ4v) is 4.88. The SMILES string of the molecule is O=C(NC[C@H](Cc1ccc(Cl)cc1)c1ccc(Cl)cc1)C(c1ccccc1)C1CCOCC1.O=C([O-])C(F)(F)F. The summed E-state index contributed by atoms with van der Waals surface area (Å²) >= 11 is 12.2. The molecule has 10 heteroatoms. The van der Waals surface area contributed by atoms with Gasteiger partial charge >= 0.3 is 6.18 Å². The van der Waals surface area contributed by atoms with Gasteiger partial charge in [-0.3, -0.25) is 4.79 Å². The van der Waals surface area contributed by atoms with Crippen LogP contribution < -0.4 is 10.4 Å². The average molecular weight is 595 g/mol. The van der Waals surface area contributed by atoms with Gasteiger partial charge in [0.05, 0.1) is 5.92 Å². The molecule has 0 aliphatic carbocycles. The zero-order valence-corrected chi connectivity index (χ0v) is 23.0. The van der Waals surface area contributed by atoms with E-state index in [1.54, 1.807) is 0 Å². The monoisotopic (exact) mass is 594 g/mol. The van der Waals surface area contributed by atoms with Gasteiger partial charge in [0, 0.05) is 35.7 Å². The molecule has 4 rings (SSSR count). The van der Waals surface area contributed by atoms with Gasteiger partial charge in [-0.25, -0.2) is 0 Å². The smallest absolute Gasteiger partial charge is 0.430 e. The lowest BCUT2D eigenvalue weighted by Gasteiger charge is -2.30. The number of ether oxygens (including phenoxy) is 1. The van der Waals surface area contributed by atoms with Gasteiger partial charge in [0.2, 0.25) is 5.91 Å². The predicted octanol–water partition coefficient (Wildman–Crippen LogP) is 5.94. The van der Waals surface area contributed by atoms with Gasteiger partial charge in [-0.15, -0.1) is 0 Å². The van der Waals surface area contributed by atoms with Gasteiger partial charge in [-0.1, -0.05) is 77.8 Å². The molecule has 2 atom stereocenters. The van der Waals surface area contributed by atoms with Crippen LogP contribution in [0.2, 0.25) is 10.0 Å². The predicted molar refractivity (Wildman–Crippen MR) is 146 cm³/mol. The highest BCUT2D eigenvalue weighted by Crippen LogP contribution is 2.33. The number of carbonyl (C=O) groups is 2. The highest BCUT2D eigenvalue weighted by atomic mass is 35.5. The molecule has 3 aromatic carbocycles. The number of rotatable bonds is 8. The fourth-order valence-electron chi connectivity index (χ4n) is 4.63. The van der Waals surface area contributed by atoms with Gasteiger partial charge in [-0.05, 0) is 66.1 Å². The van der Waals surface area contributed by atoms with E-state index < -0.39 is 12.1 Å². The molecular weight excluding hydrogens is 566 g/mol. The molecule has 40 heavy (non-hydrogen) atoms. The van der Waals surface area contributed by atoms with E-state index in [9.17, 15) is 18.0 Å². The van der Waals surface area contributed by atoms with Gasteiger partial charge in [-0.2, -0.15) is 13.2 Å². The second kappa shape index (κ2) is 15.1. The molecule has 1 amide bonds. The minimum atomic E-state index is -5.19. The van der Waals surface area contributed by atoms with Crippen LogP contribution in [-0.4, -0.2) is 37.8 Å². The molecule has 0 aromatic heterocycles. The van der Waals surface area contributed by atoms with Gasteiger partial charge in [0.25, 0.3) is 0 Å². The maximum atomic E-state index is 13.5. The van der Waals surface area contributed by atoms with Crippen LogP contribution in [0.1, 0.15) is 41.4 Å². The Hall–Kier alpha value is -3.07. The van der Waals surface area contributed by atoms with Crippen LogP contribution in [0.3, 0.4) is 0 Å². The molecule has 0 saturated carbocycles. The van der Waals surface area contributed by atoms with Crippen LogP contribution in [0, 0.1) is 5.92 Å². The third-order valence-corrected chi connectivity index (χ3v) is 7.17. The molecule has 1 unspecified atom stereocenters. The Kier molecular flexibility index (Phi) is 11.9. The van der Waals surface area contributed by atoms with Crippen LogP contribution in [-0.2, 0) is 20.7 Å². The summed E-state index contributed by atoms with van der Waals surface area (Å²) in [7, 11) is 0. The normalized spacial score (nSPS) is 15.3. The molecule has 1 heterocycles. The zero-order chi connectivity index (χ0) is 29.1. The number of hydrogen-bond donors (Lipinski definition) is 1. The summed E-state index contributed by atoms with van der Waals surface area (Å²) in [6.07, 6.45) is -2.59. The second-order valence-corrected chi connectivity index (χ2v) is 10.3. The van der Waals surface area contributed by atoms with Gasteiger partial charge in [0.15, 0.2) is 0 Å². The molecule has 1 N–H and O–H groups in total. The highest BCUT2D eigenvalue weighted by Gasteiger charge is 2.31.